The first-order valence-electron chi connectivity index (χ1n) is 6.07. The first-order valence-corrected chi connectivity index (χ1v) is 7.22. The number of hydrogen-bond donors (Lipinski definition) is 1. The van der Waals surface area contributed by atoms with Crippen molar-refractivity contribution in [1.82, 2.24) is 0 Å². The van der Waals surface area contributed by atoms with Gasteiger partial charge in [-0.1, -0.05) is 18.2 Å². The van der Waals surface area contributed by atoms with Gasteiger partial charge in [-0.15, -0.1) is 0 Å². The summed E-state index contributed by atoms with van der Waals surface area (Å²) in [6.45, 7) is 4.39. The Labute approximate surface area is 103 Å². The summed E-state index contributed by atoms with van der Waals surface area (Å²) in [6, 6.07) is 6.86. The number of benzene rings is 1. The Bertz CT molecular complexity index is 336. The highest BCUT2D eigenvalue weighted by Crippen LogP contribution is 2.27. The molecule has 0 aliphatic carbocycles. The Kier molecular flexibility index (Phi) is 3.93. The normalized spacial score (nSPS) is 22.3. The van der Waals surface area contributed by atoms with Gasteiger partial charge in [-0.2, -0.15) is 11.8 Å². The molecular formula is C14H21NS. The van der Waals surface area contributed by atoms with Crippen LogP contribution in [0.4, 0.5) is 0 Å². The first-order chi connectivity index (χ1) is 7.68. The van der Waals surface area contributed by atoms with Gasteiger partial charge in [0, 0.05) is 6.04 Å². The van der Waals surface area contributed by atoms with Crippen molar-refractivity contribution in [2.75, 3.05) is 11.5 Å². The van der Waals surface area contributed by atoms with Gasteiger partial charge >= 0.3 is 0 Å². The van der Waals surface area contributed by atoms with Crippen LogP contribution in [0, 0.1) is 19.8 Å². The molecule has 2 N–H and O–H groups in total. The molecule has 2 atom stereocenters. The Morgan fingerprint density at radius 2 is 2.06 bits per heavy atom. The van der Waals surface area contributed by atoms with E-state index in [0.717, 1.165) is 12.3 Å². The highest BCUT2D eigenvalue weighted by molar-refractivity contribution is 7.99. The first kappa shape index (κ1) is 12.0. The monoisotopic (exact) mass is 235 g/mol. The zero-order chi connectivity index (χ0) is 11.5. The molecule has 88 valence electrons. The quantitative estimate of drug-likeness (QED) is 0.872. The molecule has 16 heavy (non-hydrogen) atoms. The average Bonchev–Trinajstić information content (AvgIpc) is 2.76. The van der Waals surface area contributed by atoms with E-state index >= 15 is 0 Å². The van der Waals surface area contributed by atoms with Crippen molar-refractivity contribution >= 4 is 11.8 Å². The Hall–Kier alpha value is -0.470. The van der Waals surface area contributed by atoms with Crippen molar-refractivity contribution in [2.45, 2.75) is 32.7 Å². The molecule has 0 radical (unpaired) electrons. The molecule has 1 fully saturated rings. The van der Waals surface area contributed by atoms with E-state index in [4.69, 9.17) is 5.73 Å². The van der Waals surface area contributed by atoms with Crippen molar-refractivity contribution in [1.29, 1.82) is 0 Å². The number of thioether (sulfide) groups is 1. The summed E-state index contributed by atoms with van der Waals surface area (Å²) in [5.74, 6) is 3.28. The summed E-state index contributed by atoms with van der Waals surface area (Å²) >= 11 is 2.05. The van der Waals surface area contributed by atoms with Crippen LogP contribution in [-0.2, 0) is 6.42 Å². The molecule has 1 heterocycles. The van der Waals surface area contributed by atoms with Gasteiger partial charge in [-0.3, -0.25) is 0 Å². The molecule has 0 saturated carbocycles. The number of nitrogens with two attached hydrogens (primary N) is 1. The predicted molar refractivity (Wildman–Crippen MR) is 73.0 cm³/mol. The Morgan fingerprint density at radius 1 is 1.38 bits per heavy atom. The van der Waals surface area contributed by atoms with Crippen molar-refractivity contribution < 1.29 is 0 Å². The SMILES string of the molecule is Cc1cccc(C)c1CC(N)C1CCSC1. The molecule has 0 spiro atoms. The number of rotatable bonds is 3. The summed E-state index contributed by atoms with van der Waals surface area (Å²) < 4.78 is 0. The van der Waals surface area contributed by atoms with Gasteiger partial charge in [0.1, 0.15) is 0 Å². The summed E-state index contributed by atoms with van der Waals surface area (Å²) in [4.78, 5) is 0. The highest BCUT2D eigenvalue weighted by Gasteiger charge is 2.23. The van der Waals surface area contributed by atoms with Crippen molar-refractivity contribution in [3.8, 4) is 0 Å². The summed E-state index contributed by atoms with van der Waals surface area (Å²) in [5.41, 5.74) is 10.6. The molecule has 1 aliphatic heterocycles. The Balaban J connectivity index is 2.07. The molecule has 0 aromatic heterocycles. The molecule has 1 saturated heterocycles. The summed E-state index contributed by atoms with van der Waals surface area (Å²) in [7, 11) is 0. The molecule has 0 bridgehead atoms. The summed E-state index contributed by atoms with van der Waals surface area (Å²) in [5, 5.41) is 0. The van der Waals surface area contributed by atoms with E-state index in [9.17, 15) is 0 Å². The summed E-state index contributed by atoms with van der Waals surface area (Å²) in [6.07, 6.45) is 2.35. The maximum absolute atomic E-state index is 6.34. The molecular weight excluding hydrogens is 214 g/mol. The largest absolute Gasteiger partial charge is 0.327 e. The van der Waals surface area contributed by atoms with Gasteiger partial charge in [-0.25, -0.2) is 0 Å². The second-order valence-corrected chi connectivity index (χ2v) is 6.01. The molecule has 0 amide bonds. The fraction of sp³-hybridized carbons (Fsp3) is 0.571. The lowest BCUT2D eigenvalue weighted by Gasteiger charge is -2.20. The smallest absolute Gasteiger partial charge is 0.0116 e. The lowest BCUT2D eigenvalue weighted by Crippen LogP contribution is -2.32. The van der Waals surface area contributed by atoms with Crippen molar-refractivity contribution in [2.24, 2.45) is 11.7 Å². The van der Waals surface area contributed by atoms with Gasteiger partial charge < -0.3 is 5.73 Å². The molecule has 1 nitrogen and oxygen atoms in total. The van der Waals surface area contributed by atoms with E-state index in [2.05, 4.69) is 32.0 Å². The van der Waals surface area contributed by atoms with Crippen LogP contribution in [0.3, 0.4) is 0 Å². The maximum atomic E-state index is 6.34. The average molecular weight is 235 g/mol. The van der Waals surface area contributed by atoms with E-state index < -0.39 is 0 Å². The number of hydrogen-bond acceptors (Lipinski definition) is 2. The second-order valence-electron chi connectivity index (χ2n) is 4.86. The van der Waals surface area contributed by atoms with E-state index in [0.29, 0.717) is 6.04 Å². The van der Waals surface area contributed by atoms with E-state index in [1.807, 2.05) is 11.8 Å². The minimum absolute atomic E-state index is 0.342. The third kappa shape index (κ3) is 2.61. The molecule has 2 unspecified atom stereocenters. The minimum atomic E-state index is 0.342. The van der Waals surface area contributed by atoms with Crippen LogP contribution >= 0.6 is 11.8 Å². The zero-order valence-electron chi connectivity index (χ0n) is 10.2. The maximum Gasteiger partial charge on any atom is 0.0116 e. The van der Waals surface area contributed by atoms with Gasteiger partial charge in [-0.05, 0) is 60.8 Å². The highest BCUT2D eigenvalue weighted by atomic mass is 32.2. The zero-order valence-corrected chi connectivity index (χ0v) is 11.0. The van der Waals surface area contributed by atoms with E-state index in [1.54, 1.807) is 0 Å². The molecule has 1 aromatic carbocycles. The third-order valence-corrected chi connectivity index (χ3v) is 4.84. The van der Waals surface area contributed by atoms with Crippen LogP contribution < -0.4 is 5.73 Å². The van der Waals surface area contributed by atoms with Gasteiger partial charge in [0.25, 0.3) is 0 Å². The number of aryl methyl sites for hydroxylation is 2. The molecule has 1 aliphatic rings. The van der Waals surface area contributed by atoms with Gasteiger partial charge in [0.2, 0.25) is 0 Å². The van der Waals surface area contributed by atoms with E-state index in [-0.39, 0.29) is 0 Å². The Morgan fingerprint density at radius 3 is 2.62 bits per heavy atom. The predicted octanol–water partition coefficient (Wildman–Crippen LogP) is 2.93. The molecule has 1 aromatic rings. The second kappa shape index (κ2) is 5.24. The van der Waals surface area contributed by atoms with Crippen LogP contribution in [0.2, 0.25) is 0 Å². The molecule has 2 heteroatoms. The van der Waals surface area contributed by atoms with Crippen LogP contribution in [0.1, 0.15) is 23.1 Å². The standard InChI is InChI=1S/C14H21NS/c1-10-4-3-5-11(2)13(10)8-14(15)12-6-7-16-9-12/h3-5,12,14H,6-9,15H2,1-2H3. The lowest BCUT2D eigenvalue weighted by molar-refractivity contribution is 0.461. The van der Waals surface area contributed by atoms with Crippen molar-refractivity contribution in [3.05, 3.63) is 34.9 Å². The van der Waals surface area contributed by atoms with Gasteiger partial charge in [0.15, 0.2) is 0 Å². The van der Waals surface area contributed by atoms with Crippen LogP contribution in [0.25, 0.3) is 0 Å². The fourth-order valence-electron chi connectivity index (χ4n) is 2.46. The van der Waals surface area contributed by atoms with Crippen LogP contribution in [0.15, 0.2) is 18.2 Å². The van der Waals surface area contributed by atoms with Gasteiger partial charge in [0.05, 0.1) is 0 Å². The van der Waals surface area contributed by atoms with Crippen molar-refractivity contribution in [3.63, 3.8) is 0 Å². The minimum Gasteiger partial charge on any atom is -0.327 e. The van der Waals surface area contributed by atoms with Crippen LogP contribution in [0.5, 0.6) is 0 Å². The third-order valence-electron chi connectivity index (χ3n) is 3.65. The topological polar surface area (TPSA) is 26.0 Å². The van der Waals surface area contributed by atoms with Crippen LogP contribution in [-0.4, -0.2) is 17.5 Å². The lowest BCUT2D eigenvalue weighted by atomic mass is 9.90. The molecule has 2 rings (SSSR count). The van der Waals surface area contributed by atoms with E-state index in [1.165, 1.54) is 34.6 Å². The fourth-order valence-corrected chi connectivity index (χ4v) is 3.82.